The first-order valence-electron chi connectivity index (χ1n) is 7.69. The molecule has 3 amide bonds. The molecule has 3 N–H and O–H groups in total. The lowest BCUT2D eigenvalue weighted by Crippen LogP contribution is -2.47. The number of anilines is 2. The molecule has 23 heavy (non-hydrogen) atoms. The second kappa shape index (κ2) is 7.82. The molecule has 1 aliphatic heterocycles. The summed E-state index contributed by atoms with van der Waals surface area (Å²) >= 11 is 0. The van der Waals surface area contributed by atoms with Gasteiger partial charge in [0.15, 0.2) is 0 Å². The van der Waals surface area contributed by atoms with Gasteiger partial charge in [-0.2, -0.15) is 0 Å². The second-order valence-electron chi connectivity index (χ2n) is 5.55. The van der Waals surface area contributed by atoms with Gasteiger partial charge in [-0.1, -0.05) is 0 Å². The Labute approximate surface area is 135 Å². The van der Waals surface area contributed by atoms with Crippen molar-refractivity contribution in [3.63, 3.8) is 0 Å². The number of nitrogens with one attached hydrogen (secondary N) is 2. The van der Waals surface area contributed by atoms with E-state index in [-0.39, 0.29) is 24.6 Å². The summed E-state index contributed by atoms with van der Waals surface area (Å²) in [5.41, 5.74) is 1.05. The van der Waals surface area contributed by atoms with Crippen LogP contribution in [0.2, 0.25) is 0 Å². The molecule has 7 heteroatoms. The molecule has 2 rings (SSSR count). The Balaban J connectivity index is 2.16. The van der Waals surface area contributed by atoms with E-state index in [9.17, 15) is 14.7 Å². The zero-order valence-corrected chi connectivity index (χ0v) is 13.5. The number of rotatable bonds is 4. The predicted molar refractivity (Wildman–Crippen MR) is 87.7 cm³/mol. The molecular formula is C16H23N3O4. The number of benzene rings is 1. The third kappa shape index (κ3) is 4.35. The normalized spacial score (nSPS) is 17.5. The van der Waals surface area contributed by atoms with Gasteiger partial charge in [0.1, 0.15) is 5.75 Å². The van der Waals surface area contributed by atoms with Crippen molar-refractivity contribution in [2.24, 2.45) is 0 Å². The van der Waals surface area contributed by atoms with Gasteiger partial charge in [-0.15, -0.1) is 0 Å². The molecule has 1 heterocycles. The quantitative estimate of drug-likeness (QED) is 0.791. The molecule has 0 aliphatic carbocycles. The third-order valence-electron chi connectivity index (χ3n) is 3.86. The first kappa shape index (κ1) is 17.1. The molecule has 0 saturated carbocycles. The number of amides is 3. The lowest BCUT2D eigenvalue weighted by Gasteiger charge is -2.34. The molecule has 0 spiro atoms. The van der Waals surface area contributed by atoms with Crippen molar-refractivity contribution in [2.75, 3.05) is 30.9 Å². The fourth-order valence-electron chi connectivity index (χ4n) is 2.73. The Hall–Kier alpha value is -2.28. The number of piperidine rings is 1. The fraction of sp³-hybridized carbons (Fsp3) is 0.500. The van der Waals surface area contributed by atoms with Crippen LogP contribution in [0.5, 0.6) is 5.75 Å². The van der Waals surface area contributed by atoms with Crippen LogP contribution in [-0.4, -0.2) is 48.2 Å². The lowest BCUT2D eigenvalue weighted by atomic mass is 10.0. The smallest absolute Gasteiger partial charge is 0.322 e. The number of likely N-dealkylation sites (tertiary alicyclic amines) is 1. The van der Waals surface area contributed by atoms with Crippen molar-refractivity contribution in [1.82, 2.24) is 4.90 Å². The van der Waals surface area contributed by atoms with E-state index in [0.717, 1.165) is 19.3 Å². The number of urea groups is 1. The number of hydrogen-bond donors (Lipinski definition) is 3. The van der Waals surface area contributed by atoms with Gasteiger partial charge in [-0.05, 0) is 37.5 Å². The van der Waals surface area contributed by atoms with Crippen molar-refractivity contribution in [2.45, 2.75) is 32.2 Å². The maximum atomic E-state index is 12.5. The average molecular weight is 321 g/mol. The molecule has 1 aromatic carbocycles. The lowest BCUT2D eigenvalue weighted by molar-refractivity contribution is -0.114. The van der Waals surface area contributed by atoms with E-state index in [1.165, 1.54) is 14.0 Å². The minimum absolute atomic E-state index is 0.0452. The maximum absolute atomic E-state index is 12.5. The van der Waals surface area contributed by atoms with Crippen LogP contribution >= 0.6 is 0 Å². The SMILES string of the molecule is COc1ccc(NC(C)=O)cc1NC(=O)N1CCCC[C@H]1CO. The van der Waals surface area contributed by atoms with Crippen molar-refractivity contribution < 1.29 is 19.4 Å². The number of nitrogens with zero attached hydrogens (tertiary/aromatic N) is 1. The van der Waals surface area contributed by atoms with Crippen LogP contribution in [0, 0.1) is 0 Å². The fourth-order valence-corrected chi connectivity index (χ4v) is 2.73. The summed E-state index contributed by atoms with van der Waals surface area (Å²) in [5.74, 6) is 0.314. The highest BCUT2D eigenvalue weighted by atomic mass is 16.5. The molecular weight excluding hydrogens is 298 g/mol. The van der Waals surface area contributed by atoms with Crippen molar-refractivity contribution >= 4 is 23.3 Å². The topological polar surface area (TPSA) is 90.9 Å². The summed E-state index contributed by atoms with van der Waals surface area (Å²) in [4.78, 5) is 25.3. The van der Waals surface area contributed by atoms with E-state index >= 15 is 0 Å². The number of carbonyl (C=O) groups is 2. The van der Waals surface area contributed by atoms with Crippen LogP contribution in [0.1, 0.15) is 26.2 Å². The Morgan fingerprint density at radius 3 is 2.78 bits per heavy atom. The van der Waals surface area contributed by atoms with Crippen LogP contribution < -0.4 is 15.4 Å². The largest absolute Gasteiger partial charge is 0.495 e. The molecule has 0 bridgehead atoms. The monoisotopic (exact) mass is 321 g/mol. The molecule has 7 nitrogen and oxygen atoms in total. The van der Waals surface area contributed by atoms with E-state index in [4.69, 9.17) is 4.74 Å². The number of hydrogen-bond acceptors (Lipinski definition) is 4. The van der Waals surface area contributed by atoms with Gasteiger partial charge >= 0.3 is 6.03 Å². The van der Waals surface area contributed by atoms with Crippen LogP contribution in [0.3, 0.4) is 0 Å². The highest BCUT2D eigenvalue weighted by Gasteiger charge is 2.26. The highest BCUT2D eigenvalue weighted by Crippen LogP contribution is 2.29. The first-order valence-corrected chi connectivity index (χ1v) is 7.69. The second-order valence-corrected chi connectivity index (χ2v) is 5.55. The number of aliphatic hydroxyl groups excluding tert-OH is 1. The summed E-state index contributed by atoms with van der Waals surface area (Å²) < 4.78 is 5.25. The van der Waals surface area contributed by atoms with Crippen molar-refractivity contribution in [1.29, 1.82) is 0 Å². The molecule has 1 saturated heterocycles. The summed E-state index contributed by atoms with van der Waals surface area (Å²) in [5, 5.41) is 14.9. The molecule has 0 radical (unpaired) electrons. The number of aliphatic hydroxyl groups is 1. The average Bonchev–Trinajstić information content (AvgIpc) is 2.54. The summed E-state index contributed by atoms with van der Waals surface area (Å²) in [7, 11) is 1.51. The Kier molecular flexibility index (Phi) is 5.81. The summed E-state index contributed by atoms with van der Waals surface area (Å²) in [6.45, 7) is 1.99. The Bertz CT molecular complexity index is 576. The van der Waals surface area contributed by atoms with Gasteiger partial charge < -0.3 is 25.4 Å². The maximum Gasteiger partial charge on any atom is 0.322 e. The van der Waals surface area contributed by atoms with E-state index in [1.807, 2.05) is 0 Å². The zero-order chi connectivity index (χ0) is 16.8. The molecule has 0 aromatic heterocycles. The van der Waals surface area contributed by atoms with Gasteiger partial charge in [0, 0.05) is 19.2 Å². The molecule has 126 valence electrons. The van der Waals surface area contributed by atoms with Crippen LogP contribution in [0.25, 0.3) is 0 Å². The predicted octanol–water partition coefficient (Wildman–Crippen LogP) is 2.03. The minimum atomic E-state index is -0.276. The molecule has 1 aliphatic rings. The third-order valence-corrected chi connectivity index (χ3v) is 3.86. The van der Waals surface area contributed by atoms with Crippen LogP contribution in [0.4, 0.5) is 16.2 Å². The van der Waals surface area contributed by atoms with E-state index in [0.29, 0.717) is 23.7 Å². The van der Waals surface area contributed by atoms with Gasteiger partial charge in [0.2, 0.25) is 5.91 Å². The van der Waals surface area contributed by atoms with E-state index in [1.54, 1.807) is 23.1 Å². The summed E-state index contributed by atoms with van der Waals surface area (Å²) in [6.07, 6.45) is 2.73. The number of carbonyl (C=O) groups excluding carboxylic acids is 2. The summed E-state index contributed by atoms with van der Waals surface area (Å²) in [6, 6.07) is 4.60. The van der Waals surface area contributed by atoms with Gasteiger partial charge in [0.25, 0.3) is 0 Å². The first-order chi connectivity index (χ1) is 11.0. The van der Waals surface area contributed by atoms with Gasteiger partial charge in [-0.3, -0.25) is 4.79 Å². The molecule has 1 aromatic rings. The van der Waals surface area contributed by atoms with Crippen molar-refractivity contribution in [3.05, 3.63) is 18.2 Å². The Morgan fingerprint density at radius 2 is 2.13 bits per heavy atom. The molecule has 1 atom stereocenters. The highest BCUT2D eigenvalue weighted by molar-refractivity contribution is 5.94. The standard InChI is InChI=1S/C16H23N3O4/c1-11(21)17-12-6-7-15(23-2)14(9-12)18-16(22)19-8-4-3-5-13(19)10-20/h6-7,9,13,20H,3-5,8,10H2,1-2H3,(H,17,21)(H,18,22)/t13-/m0/s1. The van der Waals surface area contributed by atoms with E-state index < -0.39 is 0 Å². The molecule has 1 fully saturated rings. The van der Waals surface area contributed by atoms with Crippen LogP contribution in [-0.2, 0) is 4.79 Å². The number of methoxy groups -OCH3 is 1. The van der Waals surface area contributed by atoms with Crippen LogP contribution in [0.15, 0.2) is 18.2 Å². The van der Waals surface area contributed by atoms with Gasteiger partial charge in [0.05, 0.1) is 25.4 Å². The van der Waals surface area contributed by atoms with E-state index in [2.05, 4.69) is 10.6 Å². The zero-order valence-electron chi connectivity index (χ0n) is 13.5. The molecule has 0 unspecified atom stereocenters. The van der Waals surface area contributed by atoms with Crippen molar-refractivity contribution in [3.8, 4) is 5.75 Å². The Morgan fingerprint density at radius 1 is 1.35 bits per heavy atom. The van der Waals surface area contributed by atoms with Gasteiger partial charge in [-0.25, -0.2) is 4.79 Å². The minimum Gasteiger partial charge on any atom is -0.495 e. The number of ether oxygens (including phenoxy) is 1.